The largest absolute Gasteiger partial charge is 0.451 e. The molecule has 0 spiro atoms. The second-order valence-corrected chi connectivity index (χ2v) is 6.62. The molecule has 0 aliphatic rings. The van der Waals surface area contributed by atoms with E-state index in [4.69, 9.17) is 4.74 Å². The van der Waals surface area contributed by atoms with Crippen LogP contribution < -0.4 is 10.6 Å². The zero-order valence-electron chi connectivity index (χ0n) is 16.7. The second kappa shape index (κ2) is 9.12. The standard InChI is InChI=1S/C19H25N5O4/c1-6-13(4)20-19(27)21-16(25)10-28-18(26)17-14(5)22-24(23-17)15-8-7-11(2)9-12(15)3/h7-9,13H,6,10H2,1-5H3,(H2,20,21,25,27)/t13-/m1/s1. The maximum Gasteiger partial charge on any atom is 0.361 e. The first-order valence-corrected chi connectivity index (χ1v) is 9.00. The zero-order chi connectivity index (χ0) is 20.8. The van der Waals surface area contributed by atoms with E-state index in [2.05, 4.69) is 20.8 Å². The molecule has 0 saturated carbocycles. The Balaban J connectivity index is 1.98. The van der Waals surface area contributed by atoms with Gasteiger partial charge in [0.1, 0.15) is 0 Å². The van der Waals surface area contributed by atoms with Gasteiger partial charge in [0, 0.05) is 6.04 Å². The molecule has 28 heavy (non-hydrogen) atoms. The van der Waals surface area contributed by atoms with Crippen molar-refractivity contribution in [1.29, 1.82) is 0 Å². The predicted molar refractivity (Wildman–Crippen MR) is 102 cm³/mol. The van der Waals surface area contributed by atoms with Crippen molar-refractivity contribution in [3.05, 3.63) is 40.7 Å². The highest BCUT2D eigenvalue weighted by Crippen LogP contribution is 2.15. The highest BCUT2D eigenvalue weighted by atomic mass is 16.5. The number of rotatable bonds is 6. The van der Waals surface area contributed by atoms with Gasteiger partial charge in [-0.25, -0.2) is 9.59 Å². The average molecular weight is 387 g/mol. The average Bonchev–Trinajstić information content (AvgIpc) is 3.00. The number of aryl methyl sites for hydroxylation is 3. The molecule has 1 aromatic carbocycles. The lowest BCUT2D eigenvalue weighted by Gasteiger charge is -2.11. The quantitative estimate of drug-likeness (QED) is 0.732. The smallest absolute Gasteiger partial charge is 0.361 e. The van der Waals surface area contributed by atoms with Crippen LogP contribution in [0, 0.1) is 20.8 Å². The van der Waals surface area contributed by atoms with Crippen LogP contribution in [-0.4, -0.2) is 45.6 Å². The van der Waals surface area contributed by atoms with Crippen LogP contribution in [0.3, 0.4) is 0 Å². The van der Waals surface area contributed by atoms with E-state index in [1.807, 2.05) is 45.9 Å². The second-order valence-electron chi connectivity index (χ2n) is 6.62. The maximum absolute atomic E-state index is 12.2. The van der Waals surface area contributed by atoms with E-state index in [9.17, 15) is 14.4 Å². The Morgan fingerprint density at radius 2 is 1.89 bits per heavy atom. The summed E-state index contributed by atoms with van der Waals surface area (Å²) in [7, 11) is 0. The third-order valence-corrected chi connectivity index (χ3v) is 4.12. The molecule has 0 radical (unpaired) electrons. The molecule has 0 bridgehead atoms. The Morgan fingerprint density at radius 1 is 1.18 bits per heavy atom. The number of imide groups is 1. The van der Waals surface area contributed by atoms with Crippen LogP contribution >= 0.6 is 0 Å². The summed E-state index contributed by atoms with van der Waals surface area (Å²) in [6.45, 7) is 8.66. The van der Waals surface area contributed by atoms with Gasteiger partial charge in [0.25, 0.3) is 5.91 Å². The molecule has 9 nitrogen and oxygen atoms in total. The maximum atomic E-state index is 12.2. The minimum absolute atomic E-state index is 0.0110. The molecule has 0 aliphatic heterocycles. The van der Waals surface area contributed by atoms with Crippen LogP contribution in [0.5, 0.6) is 0 Å². The summed E-state index contributed by atoms with van der Waals surface area (Å²) in [5.74, 6) is -1.51. The number of nitrogens with one attached hydrogen (secondary N) is 2. The fourth-order valence-electron chi connectivity index (χ4n) is 2.43. The molecule has 1 heterocycles. The minimum Gasteiger partial charge on any atom is -0.451 e. The topological polar surface area (TPSA) is 115 Å². The summed E-state index contributed by atoms with van der Waals surface area (Å²) in [5.41, 5.74) is 3.19. The number of hydrogen-bond acceptors (Lipinski definition) is 6. The SMILES string of the molecule is CC[C@@H](C)NC(=O)NC(=O)COC(=O)c1nn(-c2ccc(C)cc2C)nc1C. The van der Waals surface area contributed by atoms with Crippen LogP contribution in [0.1, 0.15) is 47.6 Å². The van der Waals surface area contributed by atoms with Crippen molar-refractivity contribution in [2.24, 2.45) is 0 Å². The first-order valence-electron chi connectivity index (χ1n) is 9.00. The number of amides is 3. The lowest BCUT2D eigenvalue weighted by Crippen LogP contribution is -2.44. The number of esters is 1. The first kappa shape index (κ1) is 21.1. The zero-order valence-corrected chi connectivity index (χ0v) is 16.7. The Morgan fingerprint density at radius 3 is 2.54 bits per heavy atom. The molecular formula is C19H25N5O4. The van der Waals surface area contributed by atoms with Crippen LogP contribution in [-0.2, 0) is 9.53 Å². The lowest BCUT2D eigenvalue weighted by atomic mass is 10.1. The van der Waals surface area contributed by atoms with E-state index >= 15 is 0 Å². The van der Waals surface area contributed by atoms with E-state index in [0.29, 0.717) is 5.69 Å². The molecule has 2 rings (SSSR count). The molecular weight excluding hydrogens is 362 g/mol. The van der Waals surface area contributed by atoms with Crippen LogP contribution in [0.25, 0.3) is 5.69 Å². The van der Waals surface area contributed by atoms with Gasteiger partial charge in [-0.3, -0.25) is 10.1 Å². The number of nitrogens with zero attached hydrogens (tertiary/aromatic N) is 3. The third-order valence-electron chi connectivity index (χ3n) is 4.12. The van der Waals surface area contributed by atoms with E-state index in [1.54, 1.807) is 6.92 Å². The normalized spacial score (nSPS) is 11.6. The number of urea groups is 1. The fourth-order valence-corrected chi connectivity index (χ4v) is 2.43. The molecule has 0 fully saturated rings. The van der Waals surface area contributed by atoms with Gasteiger partial charge in [-0.2, -0.15) is 9.90 Å². The Kier molecular flexibility index (Phi) is 6.86. The molecule has 0 aliphatic carbocycles. The van der Waals surface area contributed by atoms with Gasteiger partial charge < -0.3 is 10.1 Å². The molecule has 3 amide bonds. The summed E-state index contributed by atoms with van der Waals surface area (Å²) in [6, 6.07) is 5.07. The van der Waals surface area contributed by atoms with E-state index in [-0.39, 0.29) is 11.7 Å². The van der Waals surface area contributed by atoms with Gasteiger partial charge in [0.2, 0.25) is 0 Å². The Hall–Kier alpha value is -3.23. The number of ether oxygens (including phenoxy) is 1. The summed E-state index contributed by atoms with van der Waals surface area (Å²) in [6.07, 6.45) is 0.728. The number of aromatic nitrogens is 3. The Bertz CT molecular complexity index is 890. The highest BCUT2D eigenvalue weighted by Gasteiger charge is 2.20. The molecule has 2 aromatic rings. The van der Waals surface area contributed by atoms with Gasteiger partial charge in [-0.1, -0.05) is 24.6 Å². The Labute approximate surface area is 163 Å². The number of benzene rings is 1. The summed E-state index contributed by atoms with van der Waals surface area (Å²) < 4.78 is 4.95. The lowest BCUT2D eigenvalue weighted by molar-refractivity contribution is -0.123. The van der Waals surface area contributed by atoms with Gasteiger partial charge in [0.05, 0.1) is 11.4 Å². The van der Waals surface area contributed by atoms with E-state index in [0.717, 1.165) is 23.2 Å². The van der Waals surface area contributed by atoms with Crippen molar-refractivity contribution in [1.82, 2.24) is 25.6 Å². The number of carbonyl (C=O) groups is 3. The third kappa shape index (κ3) is 5.38. The highest BCUT2D eigenvalue weighted by molar-refractivity contribution is 5.96. The van der Waals surface area contributed by atoms with Gasteiger partial charge >= 0.3 is 12.0 Å². The van der Waals surface area contributed by atoms with Crippen molar-refractivity contribution >= 4 is 17.9 Å². The molecule has 2 N–H and O–H groups in total. The summed E-state index contributed by atoms with van der Waals surface area (Å²) in [4.78, 5) is 37.0. The molecule has 1 atom stereocenters. The van der Waals surface area contributed by atoms with Crippen molar-refractivity contribution in [3.8, 4) is 5.69 Å². The predicted octanol–water partition coefficient (Wildman–Crippen LogP) is 1.97. The summed E-state index contributed by atoms with van der Waals surface area (Å²) >= 11 is 0. The van der Waals surface area contributed by atoms with Crippen molar-refractivity contribution in [2.75, 3.05) is 6.61 Å². The number of hydrogen-bond donors (Lipinski definition) is 2. The molecule has 9 heteroatoms. The molecule has 150 valence electrons. The van der Waals surface area contributed by atoms with Crippen LogP contribution in [0.4, 0.5) is 4.79 Å². The number of carbonyl (C=O) groups excluding carboxylic acids is 3. The van der Waals surface area contributed by atoms with Crippen molar-refractivity contribution < 1.29 is 19.1 Å². The van der Waals surface area contributed by atoms with E-state index < -0.39 is 24.5 Å². The first-order chi connectivity index (χ1) is 13.2. The summed E-state index contributed by atoms with van der Waals surface area (Å²) in [5, 5.41) is 13.1. The van der Waals surface area contributed by atoms with Crippen LogP contribution in [0.2, 0.25) is 0 Å². The molecule has 0 saturated heterocycles. The van der Waals surface area contributed by atoms with Gasteiger partial charge in [-0.05, 0) is 45.7 Å². The monoisotopic (exact) mass is 387 g/mol. The molecule has 1 aromatic heterocycles. The minimum atomic E-state index is -0.786. The fraction of sp³-hybridized carbons (Fsp3) is 0.421. The van der Waals surface area contributed by atoms with Gasteiger partial charge in [0.15, 0.2) is 12.3 Å². The van der Waals surface area contributed by atoms with Gasteiger partial charge in [-0.15, -0.1) is 5.10 Å². The van der Waals surface area contributed by atoms with Crippen LogP contribution in [0.15, 0.2) is 18.2 Å². The molecule has 0 unspecified atom stereocenters. The van der Waals surface area contributed by atoms with Crippen molar-refractivity contribution in [3.63, 3.8) is 0 Å². The van der Waals surface area contributed by atoms with E-state index in [1.165, 1.54) is 4.80 Å². The van der Waals surface area contributed by atoms with Crippen molar-refractivity contribution in [2.45, 2.75) is 47.1 Å².